The van der Waals surface area contributed by atoms with Gasteiger partial charge in [-0.3, -0.25) is 0 Å². The van der Waals surface area contributed by atoms with Crippen LogP contribution in [-0.4, -0.2) is 17.1 Å². The molecule has 1 aliphatic heterocycles. The van der Waals surface area contributed by atoms with Crippen LogP contribution in [0.2, 0.25) is 0 Å². The maximum absolute atomic E-state index is 6.02. The second kappa shape index (κ2) is 3.12. The van der Waals surface area contributed by atoms with Gasteiger partial charge in [-0.15, -0.1) is 0 Å². The Morgan fingerprint density at radius 3 is 3.07 bits per heavy atom. The fourth-order valence-corrected chi connectivity index (χ4v) is 2.38. The average Bonchev–Trinajstić information content (AvgIpc) is 2.25. The van der Waals surface area contributed by atoms with E-state index in [1.807, 2.05) is 6.20 Å². The van der Waals surface area contributed by atoms with E-state index in [0.717, 1.165) is 37.4 Å². The summed E-state index contributed by atoms with van der Waals surface area (Å²) in [7, 11) is 0. The van der Waals surface area contributed by atoms with Crippen LogP contribution in [0.25, 0.3) is 0 Å². The molecule has 1 spiro atoms. The number of ether oxygens (including phenoxy) is 1. The minimum absolute atomic E-state index is 0.0619. The lowest BCUT2D eigenvalue weighted by atomic mass is 9.79. The van der Waals surface area contributed by atoms with Crippen LogP contribution in [0.4, 0.5) is 5.69 Å². The van der Waals surface area contributed by atoms with Crippen LogP contribution >= 0.6 is 0 Å². The number of anilines is 1. The first-order valence-electron chi connectivity index (χ1n) is 5.74. The molecule has 2 heterocycles. The van der Waals surface area contributed by atoms with E-state index in [1.54, 1.807) is 0 Å². The standard InChI is InChI=1S/C12H16N2O/c1-2-9-4-7-13-11-10(9)14-8-12(15-11)5-3-6-12/h4,7,14H,2-3,5-6,8H2,1H3. The summed E-state index contributed by atoms with van der Waals surface area (Å²) in [6.45, 7) is 3.10. The number of hydrogen-bond acceptors (Lipinski definition) is 3. The van der Waals surface area contributed by atoms with Gasteiger partial charge in [0.2, 0.25) is 5.88 Å². The van der Waals surface area contributed by atoms with Gasteiger partial charge in [-0.2, -0.15) is 0 Å². The minimum Gasteiger partial charge on any atom is -0.468 e. The number of pyridine rings is 1. The molecule has 0 bridgehead atoms. The van der Waals surface area contributed by atoms with Crippen molar-refractivity contribution < 1.29 is 4.74 Å². The Hall–Kier alpha value is -1.25. The summed E-state index contributed by atoms with van der Waals surface area (Å²) in [6.07, 6.45) is 6.48. The van der Waals surface area contributed by atoms with E-state index in [-0.39, 0.29) is 5.60 Å². The molecular formula is C12H16N2O. The van der Waals surface area contributed by atoms with Crippen molar-refractivity contribution in [2.24, 2.45) is 0 Å². The third kappa shape index (κ3) is 1.29. The smallest absolute Gasteiger partial charge is 0.238 e. The maximum atomic E-state index is 6.02. The zero-order valence-electron chi connectivity index (χ0n) is 9.05. The SMILES string of the molecule is CCc1ccnc2c1NCC1(CCC1)O2. The Morgan fingerprint density at radius 1 is 1.53 bits per heavy atom. The van der Waals surface area contributed by atoms with Gasteiger partial charge in [-0.1, -0.05) is 6.92 Å². The summed E-state index contributed by atoms with van der Waals surface area (Å²) < 4.78 is 6.02. The second-order valence-corrected chi connectivity index (χ2v) is 4.50. The molecule has 2 aliphatic rings. The third-order valence-electron chi connectivity index (χ3n) is 3.55. The summed E-state index contributed by atoms with van der Waals surface area (Å²) in [4.78, 5) is 4.32. The van der Waals surface area contributed by atoms with E-state index in [4.69, 9.17) is 4.74 Å². The minimum atomic E-state index is 0.0619. The number of fused-ring (bicyclic) bond motifs is 1. The van der Waals surface area contributed by atoms with Crippen molar-refractivity contribution in [1.82, 2.24) is 4.98 Å². The highest BCUT2D eigenvalue weighted by atomic mass is 16.5. The van der Waals surface area contributed by atoms with Gasteiger partial charge < -0.3 is 10.1 Å². The number of nitrogens with zero attached hydrogens (tertiary/aromatic N) is 1. The van der Waals surface area contributed by atoms with E-state index >= 15 is 0 Å². The van der Waals surface area contributed by atoms with Crippen molar-refractivity contribution in [2.75, 3.05) is 11.9 Å². The lowest BCUT2D eigenvalue weighted by Gasteiger charge is -2.45. The largest absolute Gasteiger partial charge is 0.468 e. The van der Waals surface area contributed by atoms with E-state index in [2.05, 4.69) is 23.3 Å². The van der Waals surface area contributed by atoms with Gasteiger partial charge in [0.15, 0.2) is 0 Å². The van der Waals surface area contributed by atoms with Crippen molar-refractivity contribution in [1.29, 1.82) is 0 Å². The van der Waals surface area contributed by atoms with Gasteiger partial charge in [0.1, 0.15) is 11.3 Å². The fraction of sp³-hybridized carbons (Fsp3) is 0.583. The van der Waals surface area contributed by atoms with Crippen LogP contribution in [0.5, 0.6) is 5.88 Å². The predicted molar refractivity (Wildman–Crippen MR) is 59.3 cm³/mol. The molecule has 80 valence electrons. The fourth-order valence-electron chi connectivity index (χ4n) is 2.38. The highest BCUT2D eigenvalue weighted by molar-refractivity contribution is 5.60. The van der Waals surface area contributed by atoms with Gasteiger partial charge in [0, 0.05) is 6.20 Å². The Balaban J connectivity index is 1.96. The Morgan fingerprint density at radius 2 is 2.40 bits per heavy atom. The zero-order chi connectivity index (χ0) is 10.3. The number of aryl methyl sites for hydroxylation is 1. The summed E-state index contributed by atoms with van der Waals surface area (Å²) in [5.74, 6) is 0.806. The quantitative estimate of drug-likeness (QED) is 0.762. The lowest BCUT2D eigenvalue weighted by Crippen LogP contribution is -2.51. The second-order valence-electron chi connectivity index (χ2n) is 4.50. The van der Waals surface area contributed by atoms with Crippen LogP contribution in [0.15, 0.2) is 12.3 Å². The van der Waals surface area contributed by atoms with Gasteiger partial charge in [-0.25, -0.2) is 4.98 Å². The van der Waals surface area contributed by atoms with Crippen LogP contribution in [0, 0.1) is 0 Å². The predicted octanol–water partition coefficient (Wildman–Crippen LogP) is 2.37. The first-order valence-corrected chi connectivity index (χ1v) is 5.74. The number of hydrogen-bond donors (Lipinski definition) is 1. The summed E-state index contributed by atoms with van der Waals surface area (Å²) in [5.41, 5.74) is 2.47. The van der Waals surface area contributed by atoms with Crippen LogP contribution in [0.3, 0.4) is 0 Å². The van der Waals surface area contributed by atoms with Crippen molar-refractivity contribution in [3.63, 3.8) is 0 Å². The first-order chi connectivity index (χ1) is 7.33. The highest BCUT2D eigenvalue weighted by Crippen LogP contribution is 2.42. The first kappa shape index (κ1) is 9.01. The van der Waals surface area contributed by atoms with Crippen molar-refractivity contribution in [3.05, 3.63) is 17.8 Å². The van der Waals surface area contributed by atoms with Gasteiger partial charge in [0.05, 0.1) is 6.54 Å². The monoisotopic (exact) mass is 204 g/mol. The Labute approximate surface area is 89.9 Å². The van der Waals surface area contributed by atoms with Gasteiger partial charge >= 0.3 is 0 Å². The van der Waals surface area contributed by atoms with E-state index in [1.165, 1.54) is 12.0 Å². The average molecular weight is 204 g/mol. The zero-order valence-corrected chi connectivity index (χ0v) is 9.05. The molecule has 1 saturated carbocycles. The molecule has 0 unspecified atom stereocenters. The molecule has 1 aliphatic carbocycles. The highest BCUT2D eigenvalue weighted by Gasteiger charge is 2.42. The third-order valence-corrected chi connectivity index (χ3v) is 3.55. The van der Waals surface area contributed by atoms with Crippen LogP contribution in [-0.2, 0) is 6.42 Å². The molecule has 1 N–H and O–H groups in total. The molecule has 3 rings (SSSR count). The molecule has 0 saturated heterocycles. The van der Waals surface area contributed by atoms with Crippen LogP contribution < -0.4 is 10.1 Å². The Kier molecular flexibility index (Phi) is 1.87. The van der Waals surface area contributed by atoms with E-state index in [0.29, 0.717) is 0 Å². The molecule has 0 atom stereocenters. The topological polar surface area (TPSA) is 34.2 Å². The van der Waals surface area contributed by atoms with Crippen molar-refractivity contribution in [2.45, 2.75) is 38.2 Å². The van der Waals surface area contributed by atoms with E-state index < -0.39 is 0 Å². The molecule has 15 heavy (non-hydrogen) atoms. The molecular weight excluding hydrogens is 188 g/mol. The molecule has 1 aromatic rings. The molecule has 3 nitrogen and oxygen atoms in total. The van der Waals surface area contributed by atoms with Gasteiger partial charge in [0.25, 0.3) is 0 Å². The normalized spacial score (nSPS) is 21.1. The number of nitrogens with one attached hydrogen (secondary N) is 1. The molecule has 0 radical (unpaired) electrons. The van der Waals surface area contributed by atoms with Gasteiger partial charge in [-0.05, 0) is 37.3 Å². The lowest BCUT2D eigenvalue weighted by molar-refractivity contribution is -0.00400. The maximum Gasteiger partial charge on any atom is 0.238 e. The van der Waals surface area contributed by atoms with Crippen molar-refractivity contribution in [3.8, 4) is 5.88 Å². The molecule has 3 heteroatoms. The van der Waals surface area contributed by atoms with E-state index in [9.17, 15) is 0 Å². The molecule has 1 fully saturated rings. The number of aromatic nitrogens is 1. The molecule has 0 amide bonds. The Bertz CT molecular complexity index is 385. The summed E-state index contributed by atoms with van der Waals surface area (Å²) in [5, 5.41) is 3.49. The summed E-state index contributed by atoms with van der Waals surface area (Å²) in [6, 6.07) is 2.06. The molecule has 1 aromatic heterocycles. The number of rotatable bonds is 1. The summed E-state index contributed by atoms with van der Waals surface area (Å²) >= 11 is 0. The molecule has 0 aromatic carbocycles. The van der Waals surface area contributed by atoms with Crippen LogP contribution in [0.1, 0.15) is 31.7 Å². The van der Waals surface area contributed by atoms with Crippen molar-refractivity contribution >= 4 is 5.69 Å².